The third-order valence-corrected chi connectivity index (χ3v) is 2.61. The van der Waals surface area contributed by atoms with Crippen LogP contribution in [0.25, 0.3) is 0 Å². The minimum atomic E-state index is 0.206. The molecule has 1 N–H and O–H groups in total. The monoisotopic (exact) mass is 237 g/mol. The summed E-state index contributed by atoms with van der Waals surface area (Å²) in [4.78, 5) is 8.14. The fourth-order valence-corrected chi connectivity index (χ4v) is 1.76. The molecule has 1 saturated heterocycles. The Morgan fingerprint density at radius 1 is 1.41 bits per heavy atom. The van der Waals surface area contributed by atoms with Gasteiger partial charge in [0, 0.05) is 6.54 Å². The second-order valence-electron chi connectivity index (χ2n) is 4.13. The van der Waals surface area contributed by atoms with Crippen molar-refractivity contribution in [1.29, 1.82) is 0 Å². The molecule has 5 nitrogen and oxygen atoms in total. The second kappa shape index (κ2) is 6.39. The number of rotatable bonds is 5. The molecule has 0 radical (unpaired) electrons. The van der Waals surface area contributed by atoms with E-state index >= 15 is 0 Å². The molecule has 0 aromatic carbocycles. The standard InChI is InChI=1S/C12H19N3O2/c1-2-6-16-11-7-12(15-9-14-11)17-10-4-3-5-13-8-10/h7,9-10,13H,2-6,8H2,1H3/t10-/m0/s1. The number of ether oxygens (including phenoxy) is 2. The Balaban J connectivity index is 1.90. The van der Waals surface area contributed by atoms with Crippen LogP contribution in [0.2, 0.25) is 0 Å². The molecular formula is C12H19N3O2. The molecule has 0 bridgehead atoms. The van der Waals surface area contributed by atoms with Crippen LogP contribution in [-0.4, -0.2) is 35.8 Å². The molecule has 1 aromatic rings. The Labute approximate surface area is 102 Å². The molecule has 0 unspecified atom stereocenters. The van der Waals surface area contributed by atoms with Crippen LogP contribution in [0.3, 0.4) is 0 Å². The van der Waals surface area contributed by atoms with Crippen LogP contribution in [0.5, 0.6) is 11.8 Å². The Morgan fingerprint density at radius 3 is 3.06 bits per heavy atom. The van der Waals surface area contributed by atoms with E-state index < -0.39 is 0 Å². The summed E-state index contributed by atoms with van der Waals surface area (Å²) >= 11 is 0. The summed E-state index contributed by atoms with van der Waals surface area (Å²) in [5.41, 5.74) is 0. The van der Waals surface area contributed by atoms with Crippen molar-refractivity contribution in [2.75, 3.05) is 19.7 Å². The van der Waals surface area contributed by atoms with Gasteiger partial charge in [-0.2, -0.15) is 0 Å². The predicted molar refractivity (Wildman–Crippen MR) is 64.3 cm³/mol. The van der Waals surface area contributed by atoms with E-state index in [1.165, 1.54) is 6.33 Å². The Hall–Kier alpha value is -1.36. The van der Waals surface area contributed by atoms with Crippen LogP contribution in [0.4, 0.5) is 0 Å². The van der Waals surface area contributed by atoms with E-state index in [0.29, 0.717) is 18.4 Å². The Morgan fingerprint density at radius 2 is 2.29 bits per heavy atom. The summed E-state index contributed by atoms with van der Waals surface area (Å²) in [5.74, 6) is 1.18. The quantitative estimate of drug-likeness (QED) is 0.838. The van der Waals surface area contributed by atoms with Crippen molar-refractivity contribution in [1.82, 2.24) is 15.3 Å². The zero-order valence-corrected chi connectivity index (χ0v) is 10.2. The second-order valence-corrected chi connectivity index (χ2v) is 4.13. The van der Waals surface area contributed by atoms with E-state index in [0.717, 1.165) is 32.4 Å². The highest BCUT2D eigenvalue weighted by atomic mass is 16.5. The van der Waals surface area contributed by atoms with E-state index in [1.54, 1.807) is 6.07 Å². The van der Waals surface area contributed by atoms with Gasteiger partial charge in [0.05, 0.1) is 12.7 Å². The van der Waals surface area contributed by atoms with E-state index in [-0.39, 0.29) is 6.10 Å². The summed E-state index contributed by atoms with van der Waals surface area (Å²) in [6.07, 6.45) is 4.87. The van der Waals surface area contributed by atoms with Gasteiger partial charge >= 0.3 is 0 Å². The van der Waals surface area contributed by atoms with Gasteiger partial charge in [-0.3, -0.25) is 0 Å². The normalized spacial score (nSPS) is 19.9. The van der Waals surface area contributed by atoms with Gasteiger partial charge in [-0.05, 0) is 25.8 Å². The van der Waals surface area contributed by atoms with Crippen LogP contribution in [0.1, 0.15) is 26.2 Å². The highest BCUT2D eigenvalue weighted by Gasteiger charge is 2.15. The lowest BCUT2D eigenvalue weighted by Gasteiger charge is -2.23. The summed E-state index contributed by atoms with van der Waals surface area (Å²) in [6.45, 7) is 4.69. The zero-order valence-electron chi connectivity index (χ0n) is 10.2. The van der Waals surface area contributed by atoms with E-state index in [1.807, 2.05) is 0 Å². The molecule has 1 aromatic heterocycles. The zero-order chi connectivity index (χ0) is 11.9. The molecule has 1 aliphatic heterocycles. The fourth-order valence-electron chi connectivity index (χ4n) is 1.76. The fraction of sp³-hybridized carbons (Fsp3) is 0.667. The molecule has 2 rings (SSSR count). The van der Waals surface area contributed by atoms with Crippen molar-refractivity contribution in [3.8, 4) is 11.8 Å². The van der Waals surface area contributed by atoms with Crippen molar-refractivity contribution >= 4 is 0 Å². The molecule has 1 atom stereocenters. The van der Waals surface area contributed by atoms with Gasteiger partial charge in [-0.1, -0.05) is 6.92 Å². The lowest BCUT2D eigenvalue weighted by Crippen LogP contribution is -2.37. The molecule has 0 spiro atoms. The summed E-state index contributed by atoms with van der Waals surface area (Å²) < 4.78 is 11.2. The predicted octanol–water partition coefficient (Wildman–Crippen LogP) is 1.40. The Bertz CT molecular complexity index is 340. The van der Waals surface area contributed by atoms with Crippen LogP contribution < -0.4 is 14.8 Å². The number of nitrogens with zero attached hydrogens (tertiary/aromatic N) is 2. The van der Waals surface area contributed by atoms with Crippen LogP contribution in [0.15, 0.2) is 12.4 Å². The maximum atomic E-state index is 5.78. The van der Waals surface area contributed by atoms with E-state index in [9.17, 15) is 0 Å². The number of aromatic nitrogens is 2. The smallest absolute Gasteiger partial charge is 0.220 e. The van der Waals surface area contributed by atoms with Gasteiger partial charge < -0.3 is 14.8 Å². The molecule has 17 heavy (non-hydrogen) atoms. The molecule has 5 heteroatoms. The van der Waals surface area contributed by atoms with Crippen molar-refractivity contribution in [2.45, 2.75) is 32.3 Å². The van der Waals surface area contributed by atoms with E-state index in [2.05, 4.69) is 22.2 Å². The molecule has 0 aliphatic carbocycles. The van der Waals surface area contributed by atoms with Gasteiger partial charge in [-0.15, -0.1) is 0 Å². The van der Waals surface area contributed by atoms with E-state index in [4.69, 9.17) is 9.47 Å². The maximum absolute atomic E-state index is 5.78. The van der Waals surface area contributed by atoms with Gasteiger partial charge in [0.25, 0.3) is 0 Å². The number of nitrogens with one attached hydrogen (secondary N) is 1. The lowest BCUT2D eigenvalue weighted by molar-refractivity contribution is 0.159. The first-order valence-electron chi connectivity index (χ1n) is 6.20. The molecule has 1 aliphatic rings. The highest BCUT2D eigenvalue weighted by Crippen LogP contribution is 2.16. The van der Waals surface area contributed by atoms with Gasteiger partial charge in [0.1, 0.15) is 12.4 Å². The van der Waals surface area contributed by atoms with Gasteiger partial charge in [0.15, 0.2) is 0 Å². The van der Waals surface area contributed by atoms with Crippen LogP contribution in [0, 0.1) is 0 Å². The molecular weight excluding hydrogens is 218 g/mol. The minimum absolute atomic E-state index is 0.206. The average molecular weight is 237 g/mol. The van der Waals surface area contributed by atoms with Gasteiger partial charge in [0.2, 0.25) is 11.8 Å². The van der Waals surface area contributed by atoms with Crippen LogP contribution in [-0.2, 0) is 0 Å². The number of hydrogen-bond acceptors (Lipinski definition) is 5. The first-order valence-corrected chi connectivity index (χ1v) is 6.20. The Kier molecular flexibility index (Phi) is 4.55. The molecule has 94 valence electrons. The molecule has 0 saturated carbocycles. The molecule has 1 fully saturated rings. The van der Waals surface area contributed by atoms with Crippen molar-refractivity contribution in [2.24, 2.45) is 0 Å². The lowest BCUT2D eigenvalue weighted by atomic mass is 10.1. The molecule has 0 amide bonds. The SMILES string of the molecule is CCCOc1cc(O[C@H]2CCCNC2)ncn1. The topological polar surface area (TPSA) is 56.3 Å². The minimum Gasteiger partial charge on any atom is -0.478 e. The third-order valence-electron chi connectivity index (χ3n) is 2.61. The summed E-state index contributed by atoms with van der Waals surface area (Å²) in [7, 11) is 0. The van der Waals surface area contributed by atoms with Crippen LogP contribution >= 0.6 is 0 Å². The molecule has 2 heterocycles. The maximum Gasteiger partial charge on any atom is 0.220 e. The highest BCUT2D eigenvalue weighted by molar-refractivity contribution is 5.18. The average Bonchev–Trinajstić information content (AvgIpc) is 2.38. The van der Waals surface area contributed by atoms with Crippen molar-refractivity contribution in [3.63, 3.8) is 0 Å². The number of piperidine rings is 1. The largest absolute Gasteiger partial charge is 0.478 e. The number of hydrogen-bond donors (Lipinski definition) is 1. The third kappa shape index (κ3) is 3.85. The van der Waals surface area contributed by atoms with Crippen molar-refractivity contribution in [3.05, 3.63) is 12.4 Å². The first kappa shape index (κ1) is 12.1. The first-order chi connectivity index (χ1) is 8.38. The summed E-state index contributed by atoms with van der Waals surface area (Å²) in [6, 6.07) is 1.75. The van der Waals surface area contributed by atoms with Gasteiger partial charge in [-0.25, -0.2) is 9.97 Å². The summed E-state index contributed by atoms with van der Waals surface area (Å²) in [5, 5.41) is 3.30. The van der Waals surface area contributed by atoms with Crippen molar-refractivity contribution < 1.29 is 9.47 Å².